The number of nitrogens with zero attached hydrogens (tertiary/aromatic N) is 1. The molecule has 0 aliphatic carbocycles. The van der Waals surface area contributed by atoms with Gasteiger partial charge in [-0.1, -0.05) is 6.92 Å². The van der Waals surface area contributed by atoms with E-state index in [2.05, 4.69) is 0 Å². The molecule has 0 spiro atoms. The Labute approximate surface area is 114 Å². The van der Waals surface area contributed by atoms with Crippen molar-refractivity contribution in [2.75, 3.05) is 13.6 Å². The quantitative estimate of drug-likeness (QED) is 0.900. The number of aryl methyl sites for hydroxylation is 1. The van der Waals surface area contributed by atoms with Gasteiger partial charge in [0, 0.05) is 19.1 Å². The van der Waals surface area contributed by atoms with Gasteiger partial charge in [-0.3, -0.25) is 0 Å². The Bertz CT molecular complexity index is 554. The van der Waals surface area contributed by atoms with E-state index in [9.17, 15) is 12.8 Å². The van der Waals surface area contributed by atoms with Gasteiger partial charge in [-0.15, -0.1) is 0 Å². The second kappa shape index (κ2) is 5.56. The number of hydrogen-bond acceptors (Lipinski definition) is 3. The Balaban J connectivity index is 3.31. The van der Waals surface area contributed by atoms with Crippen LogP contribution in [0, 0.1) is 12.7 Å². The molecule has 6 heteroatoms. The lowest BCUT2D eigenvalue weighted by Crippen LogP contribution is -2.51. The fourth-order valence-corrected chi connectivity index (χ4v) is 3.62. The van der Waals surface area contributed by atoms with Crippen molar-refractivity contribution < 1.29 is 12.8 Å². The molecule has 1 rings (SSSR count). The molecule has 1 unspecified atom stereocenters. The summed E-state index contributed by atoms with van der Waals surface area (Å²) < 4.78 is 39.5. The van der Waals surface area contributed by atoms with Crippen LogP contribution in [0.25, 0.3) is 0 Å². The van der Waals surface area contributed by atoms with Crippen molar-refractivity contribution in [1.82, 2.24) is 4.31 Å². The number of nitrogens with two attached hydrogens (primary N) is 1. The fourth-order valence-electron chi connectivity index (χ4n) is 1.84. The zero-order valence-corrected chi connectivity index (χ0v) is 12.6. The Morgan fingerprint density at radius 1 is 1.42 bits per heavy atom. The molecular weight excluding hydrogens is 267 g/mol. The third kappa shape index (κ3) is 2.96. The minimum absolute atomic E-state index is 0.115. The molecule has 0 bridgehead atoms. The average molecular weight is 288 g/mol. The van der Waals surface area contributed by atoms with E-state index in [1.807, 2.05) is 6.92 Å². The first-order chi connectivity index (χ1) is 8.69. The summed E-state index contributed by atoms with van der Waals surface area (Å²) in [5, 5.41) is 0. The smallest absolute Gasteiger partial charge is 0.243 e. The van der Waals surface area contributed by atoms with E-state index in [1.165, 1.54) is 23.5 Å². The highest BCUT2D eigenvalue weighted by atomic mass is 32.2. The minimum Gasteiger partial charge on any atom is -0.329 e. The molecule has 0 aromatic heterocycles. The Kier molecular flexibility index (Phi) is 4.71. The van der Waals surface area contributed by atoms with Crippen LogP contribution in [-0.4, -0.2) is 31.9 Å². The molecule has 0 aliphatic rings. The lowest BCUT2D eigenvalue weighted by molar-refractivity contribution is 0.240. The van der Waals surface area contributed by atoms with E-state index in [-0.39, 0.29) is 11.4 Å². The van der Waals surface area contributed by atoms with Crippen LogP contribution in [-0.2, 0) is 10.0 Å². The molecule has 2 N–H and O–H groups in total. The molecule has 0 amide bonds. The van der Waals surface area contributed by atoms with Crippen molar-refractivity contribution in [1.29, 1.82) is 0 Å². The van der Waals surface area contributed by atoms with Gasteiger partial charge in [0.05, 0.1) is 4.90 Å². The molecule has 1 atom stereocenters. The molecule has 0 heterocycles. The molecule has 0 saturated heterocycles. The van der Waals surface area contributed by atoms with Gasteiger partial charge in [-0.2, -0.15) is 4.31 Å². The Morgan fingerprint density at radius 3 is 2.42 bits per heavy atom. The van der Waals surface area contributed by atoms with E-state index in [0.29, 0.717) is 12.0 Å². The number of rotatable bonds is 5. The van der Waals surface area contributed by atoms with Gasteiger partial charge in [-0.25, -0.2) is 12.8 Å². The first-order valence-corrected chi connectivity index (χ1v) is 7.58. The van der Waals surface area contributed by atoms with Gasteiger partial charge in [0.1, 0.15) is 5.82 Å². The highest BCUT2D eigenvalue weighted by molar-refractivity contribution is 7.89. The SMILES string of the molecule is CCC(C)(CN)N(C)S(=O)(=O)c1ccc(F)cc1C. The van der Waals surface area contributed by atoms with Gasteiger partial charge in [0.2, 0.25) is 10.0 Å². The van der Waals surface area contributed by atoms with Crippen molar-refractivity contribution in [2.45, 2.75) is 37.6 Å². The molecule has 1 aromatic carbocycles. The van der Waals surface area contributed by atoms with Gasteiger partial charge in [-0.05, 0) is 44.0 Å². The van der Waals surface area contributed by atoms with Crippen molar-refractivity contribution in [2.24, 2.45) is 5.73 Å². The summed E-state index contributed by atoms with van der Waals surface area (Å²) in [4.78, 5) is 0.115. The number of hydrogen-bond donors (Lipinski definition) is 1. The summed E-state index contributed by atoms with van der Waals surface area (Å²) in [5.41, 5.74) is 5.43. The van der Waals surface area contributed by atoms with Crippen LogP contribution in [0.1, 0.15) is 25.8 Å². The highest BCUT2D eigenvalue weighted by Crippen LogP contribution is 2.27. The summed E-state index contributed by atoms with van der Waals surface area (Å²) in [5.74, 6) is -0.448. The highest BCUT2D eigenvalue weighted by Gasteiger charge is 2.36. The third-order valence-electron chi connectivity index (χ3n) is 3.74. The predicted molar refractivity (Wildman–Crippen MR) is 73.8 cm³/mol. The first kappa shape index (κ1) is 16.1. The molecule has 1 aromatic rings. The van der Waals surface area contributed by atoms with Gasteiger partial charge >= 0.3 is 0 Å². The Morgan fingerprint density at radius 2 is 2.00 bits per heavy atom. The van der Waals surface area contributed by atoms with Gasteiger partial charge in [0.15, 0.2) is 0 Å². The predicted octanol–water partition coefficient (Wildman–Crippen LogP) is 1.88. The summed E-state index contributed by atoms with van der Waals surface area (Å²) in [7, 11) is -2.17. The van der Waals surface area contributed by atoms with Crippen LogP contribution < -0.4 is 5.73 Å². The molecule has 0 fully saturated rings. The molecule has 0 radical (unpaired) electrons. The number of sulfonamides is 1. The van der Waals surface area contributed by atoms with E-state index < -0.39 is 21.4 Å². The zero-order chi connectivity index (χ0) is 14.8. The van der Waals surface area contributed by atoms with Crippen molar-refractivity contribution in [3.05, 3.63) is 29.6 Å². The minimum atomic E-state index is -3.68. The lowest BCUT2D eigenvalue weighted by atomic mass is 10.00. The number of benzene rings is 1. The van der Waals surface area contributed by atoms with Crippen LogP contribution in [0.5, 0.6) is 0 Å². The lowest BCUT2D eigenvalue weighted by Gasteiger charge is -2.36. The van der Waals surface area contributed by atoms with Gasteiger partial charge in [0.25, 0.3) is 0 Å². The molecule has 4 nitrogen and oxygen atoms in total. The normalized spacial score (nSPS) is 15.5. The molecule has 19 heavy (non-hydrogen) atoms. The molecule has 108 valence electrons. The second-order valence-corrected chi connectivity index (χ2v) is 6.87. The average Bonchev–Trinajstić information content (AvgIpc) is 2.36. The topological polar surface area (TPSA) is 63.4 Å². The van der Waals surface area contributed by atoms with Crippen LogP contribution in [0.4, 0.5) is 4.39 Å². The van der Waals surface area contributed by atoms with Crippen LogP contribution in [0.2, 0.25) is 0 Å². The second-order valence-electron chi connectivity index (χ2n) is 4.94. The number of likely N-dealkylation sites (N-methyl/N-ethyl adjacent to an activating group) is 1. The van der Waals surface area contributed by atoms with E-state index >= 15 is 0 Å². The monoisotopic (exact) mass is 288 g/mol. The first-order valence-electron chi connectivity index (χ1n) is 6.14. The van der Waals surface area contributed by atoms with Crippen molar-refractivity contribution >= 4 is 10.0 Å². The van der Waals surface area contributed by atoms with Crippen molar-refractivity contribution in [3.63, 3.8) is 0 Å². The molecular formula is C13H21FN2O2S. The fraction of sp³-hybridized carbons (Fsp3) is 0.538. The maximum absolute atomic E-state index is 13.1. The Hall–Kier alpha value is -0.980. The van der Waals surface area contributed by atoms with E-state index in [4.69, 9.17) is 5.73 Å². The zero-order valence-electron chi connectivity index (χ0n) is 11.8. The summed E-state index contributed by atoms with van der Waals surface area (Å²) in [6, 6.07) is 3.66. The number of halogens is 1. The summed E-state index contributed by atoms with van der Waals surface area (Å²) >= 11 is 0. The van der Waals surface area contributed by atoms with E-state index in [1.54, 1.807) is 13.8 Å². The third-order valence-corrected chi connectivity index (χ3v) is 5.91. The summed E-state index contributed by atoms with van der Waals surface area (Å²) in [6.07, 6.45) is 0.597. The van der Waals surface area contributed by atoms with Gasteiger partial charge < -0.3 is 5.73 Å². The van der Waals surface area contributed by atoms with Crippen LogP contribution >= 0.6 is 0 Å². The van der Waals surface area contributed by atoms with Crippen LogP contribution in [0.3, 0.4) is 0 Å². The van der Waals surface area contributed by atoms with E-state index in [0.717, 1.165) is 6.07 Å². The molecule has 0 aliphatic heterocycles. The standard InChI is InChI=1S/C13H21FN2O2S/c1-5-13(3,9-15)16(4)19(17,18)12-7-6-11(14)8-10(12)2/h6-8H,5,9,15H2,1-4H3. The largest absolute Gasteiger partial charge is 0.329 e. The summed E-state index contributed by atoms with van der Waals surface area (Å²) in [6.45, 7) is 5.48. The maximum Gasteiger partial charge on any atom is 0.243 e. The maximum atomic E-state index is 13.1. The molecule has 0 saturated carbocycles. The van der Waals surface area contributed by atoms with Crippen LogP contribution in [0.15, 0.2) is 23.1 Å². The van der Waals surface area contributed by atoms with Crippen molar-refractivity contribution in [3.8, 4) is 0 Å².